The van der Waals surface area contributed by atoms with Crippen LogP contribution in [0.2, 0.25) is 0 Å². The zero-order valence-electron chi connectivity index (χ0n) is 21.9. The molecule has 180 valence electrons. The molecule has 0 spiro atoms. The van der Waals surface area contributed by atoms with Crippen molar-refractivity contribution in [1.82, 2.24) is 0 Å². The first-order chi connectivity index (χ1) is 14.8. The molecule has 2 nitrogen and oxygen atoms in total. The molecule has 4 fully saturated rings. The molecule has 32 heavy (non-hydrogen) atoms. The van der Waals surface area contributed by atoms with Crippen LogP contribution < -0.4 is 0 Å². The van der Waals surface area contributed by atoms with Gasteiger partial charge in [0.25, 0.3) is 0 Å². The summed E-state index contributed by atoms with van der Waals surface area (Å²) in [7, 11) is 0. The fourth-order valence-electron chi connectivity index (χ4n) is 10.4. The number of fused-ring (bicyclic) bond motifs is 7. The van der Waals surface area contributed by atoms with Crippen LogP contribution in [-0.4, -0.2) is 17.5 Å². The normalized spacial score (nSPS) is 51.6. The van der Waals surface area contributed by atoms with Gasteiger partial charge in [-0.1, -0.05) is 60.1 Å². The molecular formula is C30H48O2. The third kappa shape index (κ3) is 2.71. The molecule has 5 aliphatic carbocycles. The Morgan fingerprint density at radius 3 is 2.28 bits per heavy atom. The van der Waals surface area contributed by atoms with Crippen LogP contribution in [0.5, 0.6) is 0 Å². The summed E-state index contributed by atoms with van der Waals surface area (Å²) < 4.78 is 0. The van der Waals surface area contributed by atoms with E-state index in [1.807, 2.05) is 0 Å². The van der Waals surface area contributed by atoms with E-state index >= 15 is 0 Å². The Hall–Kier alpha value is -0.630. The first kappa shape index (κ1) is 23.1. The van der Waals surface area contributed by atoms with Crippen LogP contribution in [0, 0.1) is 50.2 Å². The first-order valence-electron chi connectivity index (χ1n) is 13.6. The third-order valence-electron chi connectivity index (χ3n) is 12.9. The molecule has 0 aliphatic heterocycles. The molecule has 5 aliphatic rings. The summed E-state index contributed by atoms with van der Waals surface area (Å²) in [5, 5.41) is 10.6. The molecule has 0 aromatic carbocycles. The second-order valence-corrected chi connectivity index (χ2v) is 14.9. The van der Waals surface area contributed by atoms with Gasteiger partial charge in [0.1, 0.15) is 5.78 Å². The Labute approximate surface area is 197 Å². The molecular weight excluding hydrogens is 392 g/mol. The fourth-order valence-corrected chi connectivity index (χ4v) is 10.4. The maximum atomic E-state index is 12.9. The quantitative estimate of drug-likeness (QED) is 0.433. The van der Waals surface area contributed by atoms with Gasteiger partial charge >= 0.3 is 0 Å². The predicted molar refractivity (Wildman–Crippen MR) is 131 cm³/mol. The van der Waals surface area contributed by atoms with Crippen molar-refractivity contribution in [3.05, 3.63) is 11.6 Å². The van der Waals surface area contributed by atoms with Crippen LogP contribution in [0.4, 0.5) is 0 Å². The second-order valence-electron chi connectivity index (χ2n) is 14.9. The maximum Gasteiger partial charge on any atom is 0.138 e. The van der Waals surface area contributed by atoms with Crippen molar-refractivity contribution in [3.63, 3.8) is 0 Å². The van der Waals surface area contributed by atoms with Crippen molar-refractivity contribution in [2.75, 3.05) is 6.61 Å². The molecule has 5 rings (SSSR count). The van der Waals surface area contributed by atoms with E-state index in [0.717, 1.165) is 12.8 Å². The van der Waals surface area contributed by atoms with Crippen molar-refractivity contribution < 1.29 is 9.90 Å². The highest BCUT2D eigenvalue weighted by molar-refractivity contribution is 5.85. The Morgan fingerprint density at radius 1 is 0.906 bits per heavy atom. The summed E-state index contributed by atoms with van der Waals surface area (Å²) in [6.45, 7) is 17.5. The second kappa shape index (κ2) is 6.73. The SMILES string of the molecule is CC1(C)CC[C@]2(CO)CC[C@]3(C)C(=CCC4[C@@]5(C)CCC(=O)C(C)(C)C5CC[C@]43C)[C@@H]2C1. The first-order valence-corrected chi connectivity index (χ1v) is 13.6. The maximum absolute atomic E-state index is 12.9. The molecule has 4 saturated carbocycles. The lowest BCUT2D eigenvalue weighted by atomic mass is 9.33. The van der Waals surface area contributed by atoms with Gasteiger partial charge in [-0.3, -0.25) is 4.79 Å². The smallest absolute Gasteiger partial charge is 0.138 e. The zero-order valence-corrected chi connectivity index (χ0v) is 21.9. The van der Waals surface area contributed by atoms with E-state index in [4.69, 9.17) is 0 Å². The number of carbonyl (C=O) groups excluding carboxylic acids is 1. The Kier molecular flexibility index (Phi) is 4.87. The molecule has 0 saturated heterocycles. The van der Waals surface area contributed by atoms with Crippen LogP contribution in [-0.2, 0) is 4.79 Å². The minimum Gasteiger partial charge on any atom is -0.396 e. The number of aliphatic hydroxyl groups is 1. The lowest BCUT2D eigenvalue weighted by Gasteiger charge is -2.70. The van der Waals surface area contributed by atoms with Crippen molar-refractivity contribution in [2.24, 2.45) is 50.2 Å². The van der Waals surface area contributed by atoms with Crippen LogP contribution in [0.3, 0.4) is 0 Å². The largest absolute Gasteiger partial charge is 0.396 e. The van der Waals surface area contributed by atoms with E-state index in [0.29, 0.717) is 41.0 Å². The molecule has 0 radical (unpaired) electrons. The van der Waals surface area contributed by atoms with Crippen molar-refractivity contribution in [3.8, 4) is 0 Å². The molecule has 2 heteroatoms. The summed E-state index contributed by atoms with van der Waals surface area (Å²) in [6, 6.07) is 0. The minimum atomic E-state index is -0.175. The standard InChI is InChI=1S/C30H48O2/c1-25(2)14-16-30(19-31)17-15-28(6)20(21(30)18-25)8-9-23-27(5)12-11-24(32)26(3,4)22(27)10-13-29(23,28)7/h8,21-23,31H,9-19H2,1-7H3/t21-,22?,23?,27-,28+,29+,30+/m0/s1. The number of rotatable bonds is 1. The predicted octanol–water partition coefficient (Wildman–Crippen LogP) is 7.35. The lowest BCUT2D eigenvalue weighted by molar-refractivity contribution is -0.186. The number of allylic oxidation sites excluding steroid dienone is 2. The summed E-state index contributed by atoms with van der Waals surface area (Å²) in [4.78, 5) is 12.9. The van der Waals surface area contributed by atoms with E-state index in [1.54, 1.807) is 5.57 Å². The van der Waals surface area contributed by atoms with Gasteiger partial charge in [-0.05, 0) is 97.2 Å². The van der Waals surface area contributed by atoms with E-state index in [-0.39, 0.29) is 21.7 Å². The summed E-state index contributed by atoms with van der Waals surface area (Å²) in [5.41, 5.74) is 2.81. The van der Waals surface area contributed by atoms with Gasteiger partial charge in [0.05, 0.1) is 0 Å². The fraction of sp³-hybridized carbons (Fsp3) is 0.900. The number of Topliss-reactive ketones (excluding diaryl/α,β-unsaturated/α-hetero) is 1. The van der Waals surface area contributed by atoms with Gasteiger partial charge in [0, 0.05) is 23.9 Å². The minimum absolute atomic E-state index is 0.115. The number of hydrogen-bond acceptors (Lipinski definition) is 2. The lowest BCUT2D eigenvalue weighted by Crippen LogP contribution is -2.64. The molecule has 0 aromatic rings. The Morgan fingerprint density at radius 2 is 1.59 bits per heavy atom. The highest BCUT2D eigenvalue weighted by Gasteiger charge is 2.68. The summed E-state index contributed by atoms with van der Waals surface area (Å²) in [6.07, 6.45) is 14.2. The molecule has 7 atom stereocenters. The van der Waals surface area contributed by atoms with Crippen molar-refractivity contribution >= 4 is 5.78 Å². The average Bonchev–Trinajstić information content (AvgIpc) is 2.71. The van der Waals surface area contributed by atoms with Crippen molar-refractivity contribution in [1.29, 1.82) is 0 Å². The van der Waals surface area contributed by atoms with Gasteiger partial charge in [-0.15, -0.1) is 0 Å². The van der Waals surface area contributed by atoms with E-state index in [9.17, 15) is 9.90 Å². The van der Waals surface area contributed by atoms with Gasteiger partial charge in [-0.2, -0.15) is 0 Å². The molecule has 0 amide bonds. The van der Waals surface area contributed by atoms with E-state index in [1.165, 1.54) is 51.4 Å². The van der Waals surface area contributed by atoms with E-state index in [2.05, 4.69) is 54.5 Å². The topological polar surface area (TPSA) is 37.3 Å². The highest BCUT2D eigenvalue weighted by atomic mass is 16.3. The highest BCUT2D eigenvalue weighted by Crippen LogP contribution is 2.75. The number of aliphatic hydroxyl groups excluding tert-OH is 1. The summed E-state index contributed by atoms with van der Waals surface area (Å²) in [5.74, 6) is 2.22. The molecule has 0 aromatic heterocycles. The Bertz CT molecular complexity index is 851. The molecule has 1 N–H and O–H groups in total. The van der Waals surface area contributed by atoms with Crippen molar-refractivity contribution in [2.45, 2.75) is 113 Å². The van der Waals surface area contributed by atoms with Crippen LogP contribution in [0.25, 0.3) is 0 Å². The van der Waals surface area contributed by atoms with Crippen LogP contribution >= 0.6 is 0 Å². The van der Waals surface area contributed by atoms with Gasteiger partial charge in [0.2, 0.25) is 0 Å². The molecule has 2 unspecified atom stereocenters. The van der Waals surface area contributed by atoms with Gasteiger partial charge in [0.15, 0.2) is 0 Å². The number of hydrogen-bond donors (Lipinski definition) is 1. The van der Waals surface area contributed by atoms with Crippen LogP contribution in [0.15, 0.2) is 11.6 Å². The third-order valence-corrected chi connectivity index (χ3v) is 12.9. The number of carbonyl (C=O) groups is 1. The monoisotopic (exact) mass is 440 g/mol. The molecule has 0 heterocycles. The van der Waals surface area contributed by atoms with Gasteiger partial charge in [-0.25, -0.2) is 0 Å². The van der Waals surface area contributed by atoms with Gasteiger partial charge < -0.3 is 5.11 Å². The number of ketones is 1. The average molecular weight is 441 g/mol. The summed E-state index contributed by atoms with van der Waals surface area (Å²) >= 11 is 0. The van der Waals surface area contributed by atoms with E-state index < -0.39 is 0 Å². The van der Waals surface area contributed by atoms with Crippen LogP contribution in [0.1, 0.15) is 113 Å². The zero-order chi connectivity index (χ0) is 23.4. The Balaban J connectivity index is 1.59. The molecule has 0 bridgehead atoms.